The monoisotopic (exact) mass is 800 g/mol. The summed E-state index contributed by atoms with van der Waals surface area (Å²) in [4.78, 5) is 0. The largest absolute Gasteiger partial charge is 0.394 e. The SMILES string of the molecule is C[C@H]([C@H](O)C[C@H](O)C(C)(C)O)[C@H]1CC[C@@]2(C)[C@@H]3CC[C@H]4C(C)(C)[C@@H](O[C@@H]5O[C@H](CO[C@@H]6O[C@H](CO)[C@@H](O)[C@H](O)[C@H]6O)[C@@H](O)[C@H](O)[C@H]5O)CC[C@]4(C)C3=CC[C@]12C. The summed E-state index contributed by atoms with van der Waals surface area (Å²) < 4.78 is 23.7. The zero-order valence-corrected chi connectivity index (χ0v) is 34.6. The van der Waals surface area contributed by atoms with Crippen molar-refractivity contribution >= 4 is 0 Å². The van der Waals surface area contributed by atoms with Gasteiger partial charge in [0.1, 0.15) is 48.8 Å². The Morgan fingerprint density at radius 2 is 1.39 bits per heavy atom. The van der Waals surface area contributed by atoms with Crippen LogP contribution in [0, 0.1) is 45.3 Å². The molecule has 2 saturated heterocycles. The van der Waals surface area contributed by atoms with E-state index < -0.39 is 92.4 Å². The molecule has 5 fully saturated rings. The fraction of sp³-hybridized carbons (Fsp3) is 0.952. The van der Waals surface area contributed by atoms with E-state index in [0.29, 0.717) is 12.3 Å². The van der Waals surface area contributed by atoms with Crippen molar-refractivity contribution in [1.82, 2.24) is 0 Å². The van der Waals surface area contributed by atoms with Gasteiger partial charge in [-0.2, -0.15) is 0 Å². The first-order valence-corrected chi connectivity index (χ1v) is 21.0. The molecule has 0 radical (unpaired) electrons. The number of fused-ring (bicyclic) bond motifs is 5. The van der Waals surface area contributed by atoms with Gasteiger partial charge in [-0.1, -0.05) is 53.2 Å². The maximum absolute atomic E-state index is 11.3. The van der Waals surface area contributed by atoms with E-state index in [2.05, 4.69) is 47.6 Å². The molecule has 6 rings (SSSR count). The van der Waals surface area contributed by atoms with Gasteiger partial charge in [0.2, 0.25) is 0 Å². The lowest BCUT2D eigenvalue weighted by molar-refractivity contribution is -0.343. The van der Waals surface area contributed by atoms with Crippen molar-refractivity contribution in [3.8, 4) is 0 Å². The predicted octanol–water partition coefficient (Wildman–Crippen LogP) is 1.12. The minimum Gasteiger partial charge on any atom is -0.394 e. The van der Waals surface area contributed by atoms with E-state index in [-0.39, 0.29) is 51.9 Å². The predicted molar refractivity (Wildman–Crippen MR) is 202 cm³/mol. The highest BCUT2D eigenvalue weighted by Gasteiger charge is 2.66. The van der Waals surface area contributed by atoms with Gasteiger partial charge in [0.05, 0.1) is 37.1 Å². The summed E-state index contributed by atoms with van der Waals surface area (Å²) in [6.45, 7) is 15.9. The van der Waals surface area contributed by atoms with Gasteiger partial charge in [-0.05, 0) is 104 Å². The van der Waals surface area contributed by atoms with Crippen molar-refractivity contribution in [2.75, 3.05) is 13.2 Å². The zero-order valence-electron chi connectivity index (χ0n) is 34.6. The maximum atomic E-state index is 11.3. The molecule has 0 spiro atoms. The lowest BCUT2D eigenvalue weighted by Gasteiger charge is -2.64. The van der Waals surface area contributed by atoms with Crippen LogP contribution in [0.2, 0.25) is 0 Å². The first-order valence-electron chi connectivity index (χ1n) is 21.0. The number of rotatable bonds is 11. The van der Waals surface area contributed by atoms with Gasteiger partial charge in [0.25, 0.3) is 0 Å². The van der Waals surface area contributed by atoms with E-state index >= 15 is 0 Å². The Balaban J connectivity index is 1.14. The summed E-state index contributed by atoms with van der Waals surface area (Å²) in [6, 6.07) is 0. The normalized spacial score (nSPS) is 49.6. The second-order valence-corrected chi connectivity index (χ2v) is 20.3. The Kier molecular flexibility index (Phi) is 12.7. The molecule has 0 aromatic rings. The van der Waals surface area contributed by atoms with Crippen LogP contribution >= 0.6 is 0 Å². The number of hydrogen-bond acceptors (Lipinski definition) is 14. The Bertz CT molecular complexity index is 1400. The minimum atomic E-state index is -1.66. The summed E-state index contributed by atoms with van der Waals surface area (Å²) in [5, 5.41) is 105. The van der Waals surface area contributed by atoms with E-state index in [4.69, 9.17) is 18.9 Å². The average Bonchev–Trinajstić information content (AvgIpc) is 3.41. The molecule has 0 unspecified atom stereocenters. The number of hydrogen-bond donors (Lipinski definition) is 10. The Morgan fingerprint density at radius 3 is 2.02 bits per heavy atom. The first-order chi connectivity index (χ1) is 25.9. The molecule has 10 N–H and O–H groups in total. The molecule has 0 bridgehead atoms. The van der Waals surface area contributed by atoms with Gasteiger partial charge in [0, 0.05) is 6.42 Å². The fourth-order valence-electron chi connectivity index (χ4n) is 12.6. The minimum absolute atomic E-state index is 0.0276. The van der Waals surface area contributed by atoms with E-state index in [1.165, 1.54) is 5.57 Å². The molecular formula is C42H72O14. The quantitative estimate of drug-likeness (QED) is 0.104. The third-order valence-electron chi connectivity index (χ3n) is 16.6. The molecule has 3 saturated carbocycles. The molecular weight excluding hydrogens is 728 g/mol. The number of aliphatic hydroxyl groups excluding tert-OH is 9. The highest BCUT2D eigenvalue weighted by Crippen LogP contribution is 2.73. The van der Waals surface area contributed by atoms with E-state index in [9.17, 15) is 51.1 Å². The van der Waals surface area contributed by atoms with Crippen molar-refractivity contribution in [1.29, 1.82) is 0 Å². The van der Waals surface area contributed by atoms with E-state index in [1.807, 2.05) is 0 Å². The molecule has 4 aliphatic carbocycles. The van der Waals surface area contributed by atoms with Gasteiger partial charge in [0.15, 0.2) is 12.6 Å². The van der Waals surface area contributed by atoms with Crippen molar-refractivity contribution in [2.24, 2.45) is 45.3 Å². The molecule has 0 aromatic heterocycles. The lowest BCUT2D eigenvalue weighted by atomic mass is 9.41. The van der Waals surface area contributed by atoms with Crippen molar-refractivity contribution in [3.63, 3.8) is 0 Å². The Hall–Kier alpha value is -0.820. The molecule has 6 aliphatic rings. The molecule has 0 aromatic carbocycles. The molecule has 14 heteroatoms. The van der Waals surface area contributed by atoms with Gasteiger partial charge >= 0.3 is 0 Å². The summed E-state index contributed by atoms with van der Waals surface area (Å²) in [5.74, 6) is 0.856. The van der Waals surface area contributed by atoms with Crippen LogP contribution < -0.4 is 0 Å². The lowest BCUT2D eigenvalue weighted by Crippen LogP contribution is -2.63. The van der Waals surface area contributed by atoms with Crippen LogP contribution in [0.4, 0.5) is 0 Å². The molecule has 324 valence electrons. The highest BCUT2D eigenvalue weighted by atomic mass is 16.7. The second kappa shape index (κ2) is 15.9. The van der Waals surface area contributed by atoms with Crippen molar-refractivity contribution < 1.29 is 70.0 Å². The maximum Gasteiger partial charge on any atom is 0.186 e. The van der Waals surface area contributed by atoms with Gasteiger partial charge < -0.3 is 70.0 Å². The molecule has 14 nitrogen and oxygen atoms in total. The van der Waals surface area contributed by atoms with Crippen LogP contribution in [-0.4, -0.2) is 150 Å². The Labute approximate surface area is 331 Å². The zero-order chi connectivity index (χ0) is 41.5. The van der Waals surface area contributed by atoms with Crippen molar-refractivity contribution in [3.05, 3.63) is 11.6 Å². The average molecular weight is 801 g/mol. The topological polar surface area (TPSA) is 239 Å². The molecule has 2 heterocycles. The smallest absolute Gasteiger partial charge is 0.186 e. The molecule has 56 heavy (non-hydrogen) atoms. The summed E-state index contributed by atoms with van der Waals surface area (Å²) in [5.41, 5.74) is -0.244. The Morgan fingerprint density at radius 1 is 0.786 bits per heavy atom. The van der Waals surface area contributed by atoms with E-state index in [0.717, 1.165) is 38.5 Å². The van der Waals surface area contributed by atoms with Gasteiger partial charge in [-0.3, -0.25) is 0 Å². The highest BCUT2D eigenvalue weighted by molar-refractivity contribution is 5.33. The number of allylic oxidation sites excluding steroid dienone is 2. The van der Waals surface area contributed by atoms with E-state index in [1.54, 1.807) is 13.8 Å². The number of aliphatic hydroxyl groups is 10. The standard InChI is InChI=1S/C42H72O14/c1-20(24(44)17-28(45)39(4,5)52)21-11-15-42(8)23-9-10-27-38(2,3)29(13-14-40(27,6)22(23)12-16-41(21,42)7)56-37-35(51)33(49)31(47)26(55-37)19-53-36-34(50)32(48)30(46)25(18-43)54-36/h12,20-21,23-37,43-52H,9-11,13-19H2,1-8H3/t20-,21+,23+,24+,25+,26+,27-,28-,29-,30+,31+,32-,33-,34+,35+,36+,37-,40+,41+,42-/m0/s1. The first kappa shape index (κ1) is 44.7. The summed E-state index contributed by atoms with van der Waals surface area (Å²) in [7, 11) is 0. The van der Waals surface area contributed by atoms with Crippen LogP contribution in [0.25, 0.3) is 0 Å². The molecule has 0 amide bonds. The molecule has 20 atom stereocenters. The third kappa shape index (κ3) is 7.37. The fourth-order valence-corrected chi connectivity index (χ4v) is 12.6. The van der Waals surface area contributed by atoms with Crippen molar-refractivity contribution in [2.45, 2.75) is 192 Å². The van der Waals surface area contributed by atoms with Crippen LogP contribution in [0.5, 0.6) is 0 Å². The van der Waals surface area contributed by atoms with Crippen LogP contribution in [-0.2, 0) is 18.9 Å². The van der Waals surface area contributed by atoms with Gasteiger partial charge in [-0.15, -0.1) is 0 Å². The van der Waals surface area contributed by atoms with Gasteiger partial charge in [-0.25, -0.2) is 0 Å². The summed E-state index contributed by atoms with van der Waals surface area (Å²) >= 11 is 0. The number of ether oxygens (including phenoxy) is 4. The summed E-state index contributed by atoms with van der Waals surface area (Å²) in [6.07, 6.45) is -7.75. The van der Waals surface area contributed by atoms with Crippen LogP contribution in [0.3, 0.4) is 0 Å². The molecule has 2 aliphatic heterocycles. The third-order valence-corrected chi connectivity index (χ3v) is 16.6. The second-order valence-electron chi connectivity index (χ2n) is 20.3. The van der Waals surface area contributed by atoms with Crippen LogP contribution in [0.1, 0.15) is 107 Å². The van der Waals surface area contributed by atoms with Crippen LogP contribution in [0.15, 0.2) is 11.6 Å².